The van der Waals surface area contributed by atoms with Gasteiger partial charge in [-0.15, -0.1) is 11.3 Å². The molecule has 0 aliphatic heterocycles. The number of carboxylic acids is 1. The first-order valence-corrected chi connectivity index (χ1v) is 5.06. The molecule has 0 aliphatic rings. The average molecular weight is 199 g/mol. The summed E-state index contributed by atoms with van der Waals surface area (Å²) in [5.74, 6) is -0.731. The van der Waals surface area contributed by atoms with Crippen molar-refractivity contribution in [1.29, 1.82) is 0 Å². The SMILES string of the molecule is Cc1nc(CCCC(=O)O)sc1C. The fourth-order valence-electron chi connectivity index (χ4n) is 1.04. The minimum Gasteiger partial charge on any atom is -0.481 e. The molecule has 1 aromatic heterocycles. The van der Waals surface area contributed by atoms with E-state index in [1.165, 1.54) is 4.88 Å². The van der Waals surface area contributed by atoms with E-state index >= 15 is 0 Å². The van der Waals surface area contributed by atoms with Crippen molar-refractivity contribution in [3.8, 4) is 0 Å². The first-order chi connectivity index (χ1) is 6.09. The van der Waals surface area contributed by atoms with Gasteiger partial charge in [0.15, 0.2) is 0 Å². The van der Waals surface area contributed by atoms with Gasteiger partial charge in [0.05, 0.1) is 10.7 Å². The van der Waals surface area contributed by atoms with Crippen LogP contribution in [-0.4, -0.2) is 16.1 Å². The third kappa shape index (κ3) is 3.14. The standard InChI is InChI=1S/C9H13NO2S/c1-6-7(2)13-8(10-6)4-3-5-9(11)12/h3-5H2,1-2H3,(H,11,12). The van der Waals surface area contributed by atoms with E-state index in [0.717, 1.165) is 17.1 Å². The van der Waals surface area contributed by atoms with Crippen LogP contribution in [-0.2, 0) is 11.2 Å². The number of aryl methyl sites for hydroxylation is 3. The molecule has 0 radical (unpaired) electrons. The zero-order valence-corrected chi connectivity index (χ0v) is 8.65. The number of aromatic nitrogens is 1. The molecule has 1 heterocycles. The van der Waals surface area contributed by atoms with Gasteiger partial charge in [-0.2, -0.15) is 0 Å². The topological polar surface area (TPSA) is 50.2 Å². The van der Waals surface area contributed by atoms with Gasteiger partial charge in [0.25, 0.3) is 0 Å². The van der Waals surface area contributed by atoms with Crippen molar-refractivity contribution in [3.63, 3.8) is 0 Å². The monoisotopic (exact) mass is 199 g/mol. The Balaban J connectivity index is 2.41. The van der Waals surface area contributed by atoms with E-state index in [0.29, 0.717) is 6.42 Å². The maximum Gasteiger partial charge on any atom is 0.303 e. The summed E-state index contributed by atoms with van der Waals surface area (Å²) >= 11 is 1.66. The van der Waals surface area contributed by atoms with Gasteiger partial charge in [0, 0.05) is 11.3 Å². The van der Waals surface area contributed by atoms with E-state index in [1.54, 1.807) is 11.3 Å². The van der Waals surface area contributed by atoms with Crippen LogP contribution in [0.4, 0.5) is 0 Å². The van der Waals surface area contributed by atoms with E-state index in [1.807, 2.05) is 13.8 Å². The Morgan fingerprint density at radius 2 is 2.23 bits per heavy atom. The van der Waals surface area contributed by atoms with Crippen LogP contribution in [0.25, 0.3) is 0 Å². The quantitative estimate of drug-likeness (QED) is 0.808. The molecule has 3 nitrogen and oxygen atoms in total. The molecular weight excluding hydrogens is 186 g/mol. The fourth-order valence-corrected chi connectivity index (χ4v) is 2.01. The lowest BCUT2D eigenvalue weighted by Gasteiger charge is -1.92. The Morgan fingerprint density at radius 3 is 2.69 bits per heavy atom. The van der Waals surface area contributed by atoms with Crippen LogP contribution in [0.3, 0.4) is 0 Å². The summed E-state index contributed by atoms with van der Waals surface area (Å²) in [6, 6.07) is 0. The van der Waals surface area contributed by atoms with E-state index in [-0.39, 0.29) is 6.42 Å². The molecule has 1 rings (SSSR count). The molecule has 0 saturated heterocycles. The number of hydrogen-bond acceptors (Lipinski definition) is 3. The molecule has 13 heavy (non-hydrogen) atoms. The van der Waals surface area contributed by atoms with Gasteiger partial charge in [-0.25, -0.2) is 4.98 Å². The van der Waals surface area contributed by atoms with Crippen LogP contribution in [0, 0.1) is 13.8 Å². The molecule has 0 aromatic carbocycles. The lowest BCUT2D eigenvalue weighted by molar-refractivity contribution is -0.137. The molecule has 0 saturated carbocycles. The second-order valence-corrected chi connectivity index (χ2v) is 4.28. The van der Waals surface area contributed by atoms with Gasteiger partial charge < -0.3 is 5.11 Å². The van der Waals surface area contributed by atoms with Crippen molar-refractivity contribution in [1.82, 2.24) is 4.98 Å². The predicted octanol–water partition coefficient (Wildman–Crippen LogP) is 2.17. The smallest absolute Gasteiger partial charge is 0.303 e. The Morgan fingerprint density at radius 1 is 1.54 bits per heavy atom. The van der Waals surface area contributed by atoms with Crippen LogP contribution >= 0.6 is 11.3 Å². The average Bonchev–Trinajstić information content (AvgIpc) is 2.30. The Labute approximate surface area is 81.4 Å². The number of aliphatic carboxylic acids is 1. The van der Waals surface area contributed by atoms with Crippen LogP contribution in [0.1, 0.15) is 28.4 Å². The maximum atomic E-state index is 10.2. The largest absolute Gasteiger partial charge is 0.481 e. The second-order valence-electron chi connectivity index (χ2n) is 3.00. The molecule has 0 bridgehead atoms. The van der Waals surface area contributed by atoms with E-state index < -0.39 is 5.97 Å². The Kier molecular flexibility index (Phi) is 3.42. The highest BCUT2D eigenvalue weighted by Gasteiger charge is 2.04. The van der Waals surface area contributed by atoms with Crippen LogP contribution in [0.2, 0.25) is 0 Å². The molecule has 0 amide bonds. The molecular formula is C9H13NO2S. The van der Waals surface area contributed by atoms with Gasteiger partial charge >= 0.3 is 5.97 Å². The van der Waals surface area contributed by atoms with Crippen molar-refractivity contribution < 1.29 is 9.90 Å². The number of carboxylic acid groups (broad SMARTS) is 1. The summed E-state index contributed by atoms with van der Waals surface area (Å²) in [5, 5.41) is 9.49. The van der Waals surface area contributed by atoms with Gasteiger partial charge in [0.2, 0.25) is 0 Å². The fraction of sp³-hybridized carbons (Fsp3) is 0.556. The number of hydrogen-bond donors (Lipinski definition) is 1. The van der Waals surface area contributed by atoms with Crippen molar-refractivity contribution in [2.24, 2.45) is 0 Å². The maximum absolute atomic E-state index is 10.2. The first-order valence-electron chi connectivity index (χ1n) is 4.24. The highest BCUT2D eigenvalue weighted by molar-refractivity contribution is 7.11. The number of thiazole rings is 1. The molecule has 0 fully saturated rings. The van der Waals surface area contributed by atoms with Gasteiger partial charge in [-0.05, 0) is 26.7 Å². The molecule has 72 valence electrons. The van der Waals surface area contributed by atoms with Gasteiger partial charge in [-0.1, -0.05) is 0 Å². The number of nitrogens with zero attached hydrogens (tertiary/aromatic N) is 1. The summed E-state index contributed by atoms with van der Waals surface area (Å²) in [6.45, 7) is 4.01. The zero-order chi connectivity index (χ0) is 9.84. The minimum absolute atomic E-state index is 0.234. The van der Waals surface area contributed by atoms with E-state index in [2.05, 4.69) is 4.98 Å². The summed E-state index contributed by atoms with van der Waals surface area (Å²) in [6.07, 6.45) is 1.70. The molecule has 0 spiro atoms. The predicted molar refractivity (Wildman–Crippen MR) is 52.2 cm³/mol. The van der Waals surface area contributed by atoms with E-state index in [9.17, 15) is 4.79 Å². The van der Waals surface area contributed by atoms with Crippen molar-refractivity contribution in [3.05, 3.63) is 15.6 Å². The Bertz CT molecular complexity index is 287. The summed E-state index contributed by atoms with van der Waals surface area (Å²) < 4.78 is 0. The highest BCUT2D eigenvalue weighted by Crippen LogP contribution is 2.17. The lowest BCUT2D eigenvalue weighted by atomic mass is 10.2. The minimum atomic E-state index is -0.731. The van der Waals surface area contributed by atoms with Gasteiger partial charge in [-0.3, -0.25) is 4.79 Å². The lowest BCUT2D eigenvalue weighted by Crippen LogP contribution is -1.95. The second kappa shape index (κ2) is 4.37. The molecule has 4 heteroatoms. The number of carbonyl (C=O) groups is 1. The van der Waals surface area contributed by atoms with Crippen LogP contribution < -0.4 is 0 Å². The van der Waals surface area contributed by atoms with Crippen LogP contribution in [0.5, 0.6) is 0 Å². The summed E-state index contributed by atoms with van der Waals surface area (Å²) in [7, 11) is 0. The van der Waals surface area contributed by atoms with Gasteiger partial charge in [0.1, 0.15) is 0 Å². The molecule has 0 unspecified atom stereocenters. The summed E-state index contributed by atoms with van der Waals surface area (Å²) in [4.78, 5) is 15.8. The zero-order valence-electron chi connectivity index (χ0n) is 7.83. The third-order valence-electron chi connectivity index (χ3n) is 1.85. The number of rotatable bonds is 4. The third-order valence-corrected chi connectivity index (χ3v) is 2.99. The normalized spacial score (nSPS) is 10.3. The first kappa shape index (κ1) is 10.2. The van der Waals surface area contributed by atoms with E-state index in [4.69, 9.17) is 5.11 Å². The summed E-state index contributed by atoms with van der Waals surface area (Å²) in [5.41, 5.74) is 1.07. The van der Waals surface area contributed by atoms with Crippen molar-refractivity contribution >= 4 is 17.3 Å². The Hall–Kier alpha value is -0.900. The molecule has 1 aromatic rings. The van der Waals surface area contributed by atoms with Crippen molar-refractivity contribution in [2.45, 2.75) is 33.1 Å². The molecule has 0 aliphatic carbocycles. The van der Waals surface area contributed by atoms with Crippen molar-refractivity contribution in [2.75, 3.05) is 0 Å². The molecule has 1 N–H and O–H groups in total. The highest BCUT2D eigenvalue weighted by atomic mass is 32.1. The molecule has 0 atom stereocenters. The van der Waals surface area contributed by atoms with Crippen LogP contribution in [0.15, 0.2) is 0 Å².